The molecule has 2 N–H and O–H groups in total. The van der Waals surface area contributed by atoms with Crippen LogP contribution in [0.3, 0.4) is 0 Å². The summed E-state index contributed by atoms with van der Waals surface area (Å²) in [6.45, 7) is -0.00664. The van der Waals surface area contributed by atoms with E-state index in [9.17, 15) is 13.2 Å². The number of alkyl halides is 3. The van der Waals surface area contributed by atoms with E-state index in [1.807, 2.05) is 0 Å². The molecule has 19 heavy (non-hydrogen) atoms. The molecule has 102 valence electrons. The zero-order valence-electron chi connectivity index (χ0n) is 9.85. The van der Waals surface area contributed by atoms with Gasteiger partial charge in [-0.2, -0.15) is 18.2 Å². The molecule has 9 heteroatoms. The number of nitrogens with zero attached hydrogens (tertiary/aromatic N) is 4. The van der Waals surface area contributed by atoms with Crippen LogP contribution in [0.5, 0.6) is 11.9 Å². The summed E-state index contributed by atoms with van der Waals surface area (Å²) in [5.41, 5.74) is 4.70. The molecule has 0 bridgehead atoms. The number of aromatic nitrogens is 4. The summed E-state index contributed by atoms with van der Waals surface area (Å²) in [4.78, 5) is 7.15. The van der Waals surface area contributed by atoms with Crippen LogP contribution < -0.4 is 10.5 Å². The fraction of sp³-hybridized carbons (Fsp3) is 0.300. The smallest absolute Gasteiger partial charge is 0.404 e. The predicted octanol–water partition coefficient (Wildman–Crippen LogP) is 1.48. The average Bonchev–Trinajstić information content (AvgIpc) is 2.73. The number of pyridine rings is 1. The standard InChI is InChI=1S/C10H10F3N5O/c1-18-5-15-9(17-18)19-8-6(4-14)2-3-7(16-8)10(11,12)13/h2-3,5H,4,14H2,1H3. The van der Waals surface area contributed by atoms with Crippen LogP contribution in [0.4, 0.5) is 13.2 Å². The van der Waals surface area contributed by atoms with E-state index in [0.717, 1.165) is 6.07 Å². The van der Waals surface area contributed by atoms with E-state index in [-0.39, 0.29) is 18.4 Å². The van der Waals surface area contributed by atoms with Gasteiger partial charge in [0, 0.05) is 19.2 Å². The molecule has 6 nitrogen and oxygen atoms in total. The van der Waals surface area contributed by atoms with Gasteiger partial charge in [0.05, 0.1) is 0 Å². The number of halogens is 3. The second kappa shape index (κ2) is 4.84. The highest BCUT2D eigenvalue weighted by Gasteiger charge is 2.33. The van der Waals surface area contributed by atoms with Crippen molar-refractivity contribution in [3.8, 4) is 11.9 Å². The molecule has 0 aliphatic heterocycles. The molecule has 0 amide bonds. The molecule has 0 fully saturated rings. The molecule has 0 saturated heterocycles. The molecule has 0 spiro atoms. The van der Waals surface area contributed by atoms with Gasteiger partial charge in [-0.15, -0.1) is 5.10 Å². The first kappa shape index (κ1) is 13.3. The summed E-state index contributed by atoms with van der Waals surface area (Å²) < 4.78 is 44.2. The second-order valence-electron chi connectivity index (χ2n) is 3.67. The highest BCUT2D eigenvalue weighted by atomic mass is 19.4. The van der Waals surface area contributed by atoms with Crippen molar-refractivity contribution < 1.29 is 17.9 Å². The topological polar surface area (TPSA) is 78.8 Å². The summed E-state index contributed by atoms with van der Waals surface area (Å²) in [6, 6.07) is 1.97. The summed E-state index contributed by atoms with van der Waals surface area (Å²) in [5.74, 6) is -0.247. The van der Waals surface area contributed by atoms with Gasteiger partial charge in [0.15, 0.2) is 0 Å². The minimum absolute atomic E-state index is 0.00664. The van der Waals surface area contributed by atoms with Gasteiger partial charge in [0.25, 0.3) is 0 Å². The fourth-order valence-electron chi connectivity index (χ4n) is 1.32. The van der Waals surface area contributed by atoms with Crippen LogP contribution in [0.15, 0.2) is 18.5 Å². The summed E-state index contributed by atoms with van der Waals surface area (Å²) in [6.07, 6.45) is -3.20. The van der Waals surface area contributed by atoms with Crippen molar-refractivity contribution in [2.75, 3.05) is 0 Å². The third-order valence-electron chi connectivity index (χ3n) is 2.22. The molecular weight excluding hydrogens is 263 g/mol. The van der Waals surface area contributed by atoms with Gasteiger partial charge in [-0.25, -0.2) is 4.98 Å². The number of aryl methyl sites for hydroxylation is 1. The molecule has 0 atom stereocenters. The van der Waals surface area contributed by atoms with Crippen LogP contribution in [-0.2, 0) is 19.8 Å². The van der Waals surface area contributed by atoms with Crippen LogP contribution >= 0.6 is 0 Å². The quantitative estimate of drug-likeness (QED) is 0.916. The van der Waals surface area contributed by atoms with Crippen molar-refractivity contribution in [2.24, 2.45) is 12.8 Å². The van der Waals surface area contributed by atoms with E-state index in [1.54, 1.807) is 7.05 Å². The first-order valence-corrected chi connectivity index (χ1v) is 5.21. The Balaban J connectivity index is 2.36. The number of hydrogen-bond donors (Lipinski definition) is 1. The summed E-state index contributed by atoms with van der Waals surface area (Å²) in [7, 11) is 1.60. The first-order valence-electron chi connectivity index (χ1n) is 5.21. The number of nitrogens with two attached hydrogens (primary N) is 1. The molecule has 0 unspecified atom stereocenters. The number of hydrogen-bond acceptors (Lipinski definition) is 5. The van der Waals surface area contributed by atoms with Gasteiger partial charge in [0.2, 0.25) is 5.88 Å². The third kappa shape index (κ3) is 2.99. The maximum atomic E-state index is 12.6. The molecule has 2 rings (SSSR count). The second-order valence-corrected chi connectivity index (χ2v) is 3.67. The van der Waals surface area contributed by atoms with Crippen LogP contribution in [-0.4, -0.2) is 19.7 Å². The lowest BCUT2D eigenvalue weighted by Crippen LogP contribution is -2.11. The molecule has 0 aliphatic rings. The normalized spacial score (nSPS) is 11.6. The molecule has 2 aromatic rings. The predicted molar refractivity (Wildman–Crippen MR) is 58.2 cm³/mol. The Morgan fingerprint density at radius 3 is 2.63 bits per heavy atom. The van der Waals surface area contributed by atoms with Gasteiger partial charge in [0.1, 0.15) is 12.0 Å². The van der Waals surface area contributed by atoms with E-state index in [1.165, 1.54) is 17.1 Å². The molecule has 0 aromatic carbocycles. The Morgan fingerprint density at radius 1 is 1.37 bits per heavy atom. The van der Waals surface area contributed by atoms with Crippen molar-refractivity contribution in [3.63, 3.8) is 0 Å². The lowest BCUT2D eigenvalue weighted by atomic mass is 10.2. The molecule has 0 aliphatic carbocycles. The highest BCUT2D eigenvalue weighted by molar-refractivity contribution is 5.30. The molecule has 0 radical (unpaired) electrons. The SMILES string of the molecule is Cn1cnc(Oc2nc(C(F)(F)F)ccc2CN)n1. The Morgan fingerprint density at radius 2 is 2.11 bits per heavy atom. The van der Waals surface area contributed by atoms with Crippen LogP contribution in [0.25, 0.3) is 0 Å². The van der Waals surface area contributed by atoms with E-state index in [2.05, 4.69) is 15.1 Å². The van der Waals surface area contributed by atoms with Crippen molar-refractivity contribution in [1.29, 1.82) is 0 Å². The largest absolute Gasteiger partial charge is 0.433 e. The van der Waals surface area contributed by atoms with Gasteiger partial charge >= 0.3 is 12.2 Å². The monoisotopic (exact) mass is 273 g/mol. The van der Waals surface area contributed by atoms with E-state index < -0.39 is 11.9 Å². The fourth-order valence-corrected chi connectivity index (χ4v) is 1.32. The minimum Gasteiger partial charge on any atom is -0.404 e. The van der Waals surface area contributed by atoms with Crippen molar-refractivity contribution >= 4 is 0 Å². The maximum absolute atomic E-state index is 12.6. The van der Waals surface area contributed by atoms with E-state index in [4.69, 9.17) is 10.5 Å². The van der Waals surface area contributed by atoms with Crippen molar-refractivity contribution in [1.82, 2.24) is 19.7 Å². The summed E-state index contributed by atoms with van der Waals surface area (Å²) in [5, 5.41) is 3.79. The Hall–Kier alpha value is -2.16. The van der Waals surface area contributed by atoms with Crippen LogP contribution in [0, 0.1) is 0 Å². The zero-order valence-corrected chi connectivity index (χ0v) is 9.85. The van der Waals surface area contributed by atoms with Gasteiger partial charge in [-0.05, 0) is 6.07 Å². The number of rotatable bonds is 3. The Kier molecular flexibility index (Phi) is 3.38. The molecular formula is C10H10F3N5O. The van der Waals surface area contributed by atoms with E-state index >= 15 is 0 Å². The van der Waals surface area contributed by atoms with Gasteiger partial charge in [-0.3, -0.25) is 4.68 Å². The Labute approximate surface area is 106 Å². The third-order valence-corrected chi connectivity index (χ3v) is 2.22. The van der Waals surface area contributed by atoms with Crippen LogP contribution in [0.2, 0.25) is 0 Å². The van der Waals surface area contributed by atoms with Crippen LogP contribution in [0.1, 0.15) is 11.3 Å². The zero-order chi connectivity index (χ0) is 14.0. The van der Waals surface area contributed by atoms with Gasteiger partial charge < -0.3 is 10.5 Å². The minimum atomic E-state index is -4.55. The number of ether oxygens (including phenoxy) is 1. The maximum Gasteiger partial charge on any atom is 0.433 e. The van der Waals surface area contributed by atoms with Gasteiger partial charge in [-0.1, -0.05) is 6.07 Å². The summed E-state index contributed by atoms with van der Waals surface area (Å²) >= 11 is 0. The first-order chi connectivity index (χ1) is 8.90. The highest BCUT2D eigenvalue weighted by Crippen LogP contribution is 2.31. The lowest BCUT2D eigenvalue weighted by molar-refractivity contribution is -0.141. The Bertz CT molecular complexity index is 581. The average molecular weight is 273 g/mol. The molecule has 2 aromatic heterocycles. The van der Waals surface area contributed by atoms with Crippen molar-refractivity contribution in [3.05, 3.63) is 29.7 Å². The molecule has 2 heterocycles. The molecule has 0 saturated carbocycles. The lowest BCUT2D eigenvalue weighted by Gasteiger charge is -2.10. The van der Waals surface area contributed by atoms with E-state index in [0.29, 0.717) is 5.56 Å². The van der Waals surface area contributed by atoms with Crippen molar-refractivity contribution in [2.45, 2.75) is 12.7 Å².